The highest BCUT2D eigenvalue weighted by Gasteiger charge is 2.59. The summed E-state index contributed by atoms with van der Waals surface area (Å²) in [5, 5.41) is 208. The Morgan fingerprint density at radius 3 is 1.62 bits per heavy atom. The summed E-state index contributed by atoms with van der Waals surface area (Å²) in [5.41, 5.74) is 0. The van der Waals surface area contributed by atoms with Crippen LogP contribution in [0.5, 0.6) is 0 Å². The van der Waals surface area contributed by atoms with E-state index in [2.05, 4.69) is 10.6 Å². The monoisotopic (exact) mass is 1140 g/mol. The van der Waals surface area contributed by atoms with E-state index in [0.717, 1.165) is 13.8 Å². The van der Waals surface area contributed by atoms with Crippen molar-refractivity contribution in [2.45, 2.75) is 217 Å². The SMILES string of the molecule is CC(=O)N[C@H]1[C@H](O[C@H]2[C@@H](O)[C@@H](CO)O[C@@H](O[C@@H]3[C@H](O[C@@H]4O[C@@H](C)[C@@H](O)[C@@H](O)[C@@H]4O)[C@@H](O)C(O)O[C@@H]3CO)[C@@H]2O)O[C@H](CO)[C@@H](O[C@@H]2O[C@H](CO[C@]3(C(=O)O)C[C@H](O)[C@@H](NC(C)=O)[C@H]([C@H](O)[C@H](O)CO)O3)[C@H](O)[C@H](O)[C@H]2O)[C@@H]1O. The summed E-state index contributed by atoms with van der Waals surface area (Å²) in [6, 6.07) is -3.45. The zero-order chi connectivity index (χ0) is 58.0. The third-order valence-corrected chi connectivity index (χ3v) is 14.2. The van der Waals surface area contributed by atoms with E-state index in [-0.39, 0.29) is 0 Å². The van der Waals surface area contributed by atoms with Gasteiger partial charge >= 0.3 is 5.97 Å². The predicted octanol–water partition coefficient (Wildman–Crippen LogP) is -13.6. The summed E-state index contributed by atoms with van der Waals surface area (Å²) >= 11 is 0. The van der Waals surface area contributed by atoms with Gasteiger partial charge in [0.1, 0.15) is 134 Å². The maximum atomic E-state index is 12.8. The van der Waals surface area contributed by atoms with Crippen molar-refractivity contribution in [1.82, 2.24) is 10.6 Å². The molecule has 0 radical (unpaired) electrons. The summed E-state index contributed by atoms with van der Waals surface area (Å²) in [4.78, 5) is 37.4. The molecule has 0 spiro atoms. The number of carbonyl (C=O) groups excluding carboxylic acids is 2. The Hall–Kier alpha value is -2.75. The molecule has 6 saturated heterocycles. The first kappa shape index (κ1) is 64.4. The second kappa shape index (κ2) is 27.1. The number of aliphatic hydroxyl groups is 18. The lowest BCUT2D eigenvalue weighted by Gasteiger charge is -2.50. The number of hydrogen-bond acceptors (Lipinski definition) is 32. The topological polar surface area (TPSA) is 561 Å². The van der Waals surface area contributed by atoms with Gasteiger partial charge in [-0.2, -0.15) is 0 Å². The lowest BCUT2D eigenvalue weighted by Crippen LogP contribution is -2.70. The van der Waals surface area contributed by atoms with E-state index in [1.807, 2.05) is 0 Å². The molecular weight excluding hydrogens is 1070 g/mol. The molecule has 6 aliphatic heterocycles. The predicted molar refractivity (Wildman–Crippen MR) is 238 cm³/mol. The van der Waals surface area contributed by atoms with E-state index in [0.29, 0.717) is 0 Å². The Labute approximate surface area is 441 Å². The highest BCUT2D eigenvalue weighted by atomic mass is 16.8. The molecule has 6 rings (SSSR count). The summed E-state index contributed by atoms with van der Waals surface area (Å²) in [7, 11) is 0. The number of carboxylic acids is 1. The molecule has 6 aliphatic rings. The maximum absolute atomic E-state index is 12.8. The molecule has 0 aromatic heterocycles. The van der Waals surface area contributed by atoms with Crippen LogP contribution in [0.2, 0.25) is 0 Å². The Morgan fingerprint density at radius 1 is 0.538 bits per heavy atom. The summed E-state index contributed by atoms with van der Waals surface area (Å²) in [6.45, 7) is -2.10. The molecular formula is C43H72N2O33. The number of carboxylic acid groups (broad SMARTS) is 1. The van der Waals surface area contributed by atoms with Gasteiger partial charge in [-0.25, -0.2) is 4.79 Å². The van der Waals surface area contributed by atoms with E-state index in [4.69, 9.17) is 52.1 Å². The van der Waals surface area contributed by atoms with Gasteiger partial charge in [-0.1, -0.05) is 0 Å². The largest absolute Gasteiger partial charge is 0.477 e. The van der Waals surface area contributed by atoms with Gasteiger partial charge in [-0.15, -0.1) is 0 Å². The molecule has 0 aliphatic carbocycles. The number of nitrogens with one attached hydrogen (secondary N) is 2. The van der Waals surface area contributed by atoms with Crippen LogP contribution in [0.25, 0.3) is 0 Å². The van der Waals surface area contributed by atoms with E-state index in [1.165, 1.54) is 6.92 Å². The third kappa shape index (κ3) is 13.7. The van der Waals surface area contributed by atoms with Crippen molar-refractivity contribution in [2.75, 3.05) is 33.0 Å². The lowest BCUT2D eigenvalue weighted by atomic mass is 9.88. The molecule has 0 bridgehead atoms. The van der Waals surface area contributed by atoms with E-state index in [1.54, 1.807) is 0 Å². The first-order chi connectivity index (χ1) is 36.6. The number of carbonyl (C=O) groups is 3. The third-order valence-electron chi connectivity index (χ3n) is 14.2. The molecule has 452 valence electrons. The highest BCUT2D eigenvalue weighted by Crippen LogP contribution is 2.38. The van der Waals surface area contributed by atoms with Gasteiger partial charge in [0.15, 0.2) is 31.5 Å². The van der Waals surface area contributed by atoms with Crippen LogP contribution in [-0.4, -0.2) is 338 Å². The number of amides is 2. The Morgan fingerprint density at radius 2 is 1.04 bits per heavy atom. The summed E-state index contributed by atoms with van der Waals surface area (Å²) in [5.74, 6) is -6.65. The van der Waals surface area contributed by atoms with Crippen molar-refractivity contribution in [2.24, 2.45) is 0 Å². The zero-order valence-corrected chi connectivity index (χ0v) is 41.8. The first-order valence-electron chi connectivity index (χ1n) is 24.6. The molecule has 6 fully saturated rings. The number of ether oxygens (including phenoxy) is 11. The van der Waals surface area contributed by atoms with Gasteiger partial charge in [0.05, 0.1) is 51.3 Å². The molecule has 6 heterocycles. The van der Waals surface area contributed by atoms with Crippen LogP contribution < -0.4 is 10.6 Å². The van der Waals surface area contributed by atoms with Gasteiger partial charge in [-0.05, 0) is 6.92 Å². The lowest BCUT2D eigenvalue weighted by molar-refractivity contribution is -0.392. The van der Waals surface area contributed by atoms with Crippen molar-refractivity contribution in [3.63, 3.8) is 0 Å². The Bertz CT molecular complexity index is 1950. The van der Waals surface area contributed by atoms with Crippen LogP contribution in [0.15, 0.2) is 0 Å². The van der Waals surface area contributed by atoms with Crippen molar-refractivity contribution in [3.05, 3.63) is 0 Å². The molecule has 78 heavy (non-hydrogen) atoms. The minimum Gasteiger partial charge on any atom is -0.477 e. The summed E-state index contributed by atoms with van der Waals surface area (Å²) < 4.78 is 62.5. The van der Waals surface area contributed by atoms with Gasteiger partial charge < -0.3 is 160 Å². The van der Waals surface area contributed by atoms with Crippen LogP contribution in [0, 0.1) is 0 Å². The number of hydrogen-bond donors (Lipinski definition) is 21. The fraction of sp³-hybridized carbons (Fsp3) is 0.930. The zero-order valence-electron chi connectivity index (χ0n) is 41.8. The van der Waals surface area contributed by atoms with Crippen LogP contribution >= 0.6 is 0 Å². The molecule has 0 aromatic rings. The minimum atomic E-state index is -2.99. The molecule has 0 aromatic carbocycles. The molecule has 35 nitrogen and oxygen atoms in total. The maximum Gasteiger partial charge on any atom is 0.364 e. The second-order valence-electron chi connectivity index (χ2n) is 19.7. The van der Waals surface area contributed by atoms with Gasteiger partial charge in [0.25, 0.3) is 5.79 Å². The second-order valence-corrected chi connectivity index (χ2v) is 19.7. The molecule has 21 N–H and O–H groups in total. The average molecular weight is 1150 g/mol. The molecule has 2 amide bonds. The van der Waals surface area contributed by atoms with Crippen LogP contribution in [-0.2, 0) is 66.5 Å². The standard InChI is InChI=1S/C43H72N2O33/c1-10-21(54)26(59)28(61)39(69-10)77-36-30(63)37(65)70-17(8-49)33(36)75-41-31(64)35(24(57)15(6-47)71-41)76-38-20(45-12(3)51)25(58)32(16(7-48)72-38)74-40-29(62)27(60)23(56)18(73-40)9-68-43(42(66)67)4-13(52)19(44-11(2)50)34(78-43)22(55)14(53)5-46/h10,13-41,46-49,52-65H,4-9H2,1-3H3,(H,44,50)(H,45,51)(H,66,67)/t10-,13-,14+,15+,16+,17+,18+,19+,20+,21+,22+,23-,24-,25+,26+,27-,28-,29+,30+,31+,32+,33-,34+,35-,36+,37?,38-,39-,40-,41-,43+/m0/s1. The Kier molecular flexibility index (Phi) is 22.4. The molecule has 0 saturated carbocycles. The normalized spacial score (nSPS) is 48.1. The Balaban J connectivity index is 1.20. The van der Waals surface area contributed by atoms with Crippen molar-refractivity contribution in [3.8, 4) is 0 Å². The van der Waals surface area contributed by atoms with Crippen LogP contribution in [0.1, 0.15) is 27.2 Å². The fourth-order valence-electron chi connectivity index (χ4n) is 9.85. The van der Waals surface area contributed by atoms with E-state index < -0.39 is 247 Å². The number of aliphatic carboxylic acids is 1. The van der Waals surface area contributed by atoms with Crippen LogP contribution in [0.3, 0.4) is 0 Å². The number of rotatable bonds is 20. The van der Waals surface area contributed by atoms with Gasteiger partial charge in [0.2, 0.25) is 11.8 Å². The van der Waals surface area contributed by atoms with Crippen molar-refractivity contribution in [1.29, 1.82) is 0 Å². The molecule has 31 atom stereocenters. The summed E-state index contributed by atoms with van der Waals surface area (Å²) in [6.07, 6.45) is -56.0. The van der Waals surface area contributed by atoms with E-state index >= 15 is 0 Å². The van der Waals surface area contributed by atoms with Crippen LogP contribution in [0.4, 0.5) is 0 Å². The minimum absolute atomic E-state index is 0.789. The average Bonchev–Trinajstić information content (AvgIpc) is 3.46. The van der Waals surface area contributed by atoms with Gasteiger partial charge in [0, 0.05) is 20.3 Å². The first-order valence-corrected chi connectivity index (χ1v) is 24.6. The van der Waals surface area contributed by atoms with Crippen molar-refractivity contribution < 1.29 is 164 Å². The van der Waals surface area contributed by atoms with Crippen molar-refractivity contribution >= 4 is 17.8 Å². The van der Waals surface area contributed by atoms with E-state index in [9.17, 15) is 111 Å². The fourth-order valence-corrected chi connectivity index (χ4v) is 9.85. The van der Waals surface area contributed by atoms with Gasteiger partial charge in [-0.3, -0.25) is 9.59 Å². The highest BCUT2D eigenvalue weighted by molar-refractivity contribution is 5.76. The molecule has 1 unspecified atom stereocenters. The number of aliphatic hydroxyl groups excluding tert-OH is 18. The molecule has 35 heteroatoms. The quantitative estimate of drug-likeness (QED) is 0.0538. The smallest absolute Gasteiger partial charge is 0.364 e.